The van der Waals surface area contributed by atoms with Crippen LogP contribution < -0.4 is 5.32 Å². The highest BCUT2D eigenvalue weighted by Gasteiger charge is 2.45. The quantitative estimate of drug-likeness (QED) is 0.934. The lowest BCUT2D eigenvalue weighted by atomic mass is 9.82. The van der Waals surface area contributed by atoms with Crippen molar-refractivity contribution in [2.24, 2.45) is 5.92 Å². The zero-order valence-electron chi connectivity index (χ0n) is 12.1. The Kier molecular flexibility index (Phi) is 3.24. The Balaban J connectivity index is 1.68. The van der Waals surface area contributed by atoms with E-state index in [2.05, 4.69) is 27.8 Å². The molecule has 110 valence electrons. The summed E-state index contributed by atoms with van der Waals surface area (Å²) in [5.41, 5.74) is 2.17. The molecule has 0 saturated carbocycles. The van der Waals surface area contributed by atoms with Crippen molar-refractivity contribution < 1.29 is 4.74 Å². The standard InChI is InChI=1S/C16H20N4O/c1-17-16(13-9-12-7-8-15(13)21-12)14-10-18-19-20(14)11-5-3-2-4-6-11/h2-6,10,12-13,15-17H,7-9H2,1H3. The van der Waals surface area contributed by atoms with Crippen LogP contribution in [0.2, 0.25) is 0 Å². The maximum absolute atomic E-state index is 6.02. The van der Waals surface area contributed by atoms with Gasteiger partial charge in [-0.1, -0.05) is 23.4 Å². The van der Waals surface area contributed by atoms with Crippen molar-refractivity contribution in [3.05, 3.63) is 42.2 Å². The van der Waals surface area contributed by atoms with Crippen molar-refractivity contribution in [2.75, 3.05) is 7.05 Å². The van der Waals surface area contributed by atoms with Gasteiger partial charge in [-0.15, -0.1) is 5.10 Å². The summed E-state index contributed by atoms with van der Waals surface area (Å²) < 4.78 is 7.96. The Morgan fingerprint density at radius 2 is 2.14 bits per heavy atom. The van der Waals surface area contributed by atoms with E-state index >= 15 is 0 Å². The number of fused-ring (bicyclic) bond motifs is 2. The zero-order chi connectivity index (χ0) is 14.2. The minimum Gasteiger partial charge on any atom is -0.375 e. The molecule has 2 aliphatic rings. The Hall–Kier alpha value is -1.72. The Labute approximate surface area is 124 Å². The van der Waals surface area contributed by atoms with Crippen molar-refractivity contribution in [3.63, 3.8) is 0 Å². The third kappa shape index (κ3) is 2.17. The average molecular weight is 284 g/mol. The maximum atomic E-state index is 6.02. The SMILES string of the molecule is CNC(c1cnnn1-c1ccccc1)C1CC2CCC1O2. The van der Waals surface area contributed by atoms with E-state index in [9.17, 15) is 0 Å². The van der Waals surface area contributed by atoms with Crippen LogP contribution in [-0.2, 0) is 4.74 Å². The molecule has 2 fully saturated rings. The molecule has 1 aromatic heterocycles. The van der Waals surface area contributed by atoms with Gasteiger partial charge in [0.2, 0.25) is 0 Å². The van der Waals surface area contributed by atoms with E-state index in [1.807, 2.05) is 36.1 Å². The lowest BCUT2D eigenvalue weighted by Crippen LogP contribution is -2.33. The van der Waals surface area contributed by atoms with Crippen LogP contribution in [0.3, 0.4) is 0 Å². The van der Waals surface area contributed by atoms with Gasteiger partial charge in [-0.3, -0.25) is 0 Å². The first-order chi connectivity index (χ1) is 10.4. The normalized spacial score (nSPS) is 28.9. The first kappa shape index (κ1) is 13.0. The lowest BCUT2D eigenvalue weighted by Gasteiger charge is -2.28. The maximum Gasteiger partial charge on any atom is 0.0818 e. The van der Waals surface area contributed by atoms with E-state index < -0.39 is 0 Å². The van der Waals surface area contributed by atoms with Crippen molar-refractivity contribution in [2.45, 2.75) is 37.5 Å². The molecule has 2 saturated heterocycles. The number of hydrogen-bond donors (Lipinski definition) is 1. The van der Waals surface area contributed by atoms with Crippen LogP contribution in [0.5, 0.6) is 0 Å². The van der Waals surface area contributed by atoms with Crippen LogP contribution in [0.1, 0.15) is 31.0 Å². The van der Waals surface area contributed by atoms with Crippen molar-refractivity contribution in [1.29, 1.82) is 0 Å². The van der Waals surface area contributed by atoms with Gasteiger partial charge >= 0.3 is 0 Å². The van der Waals surface area contributed by atoms with E-state index in [0.29, 0.717) is 18.1 Å². The third-order valence-corrected chi connectivity index (χ3v) is 4.79. The smallest absolute Gasteiger partial charge is 0.0818 e. The van der Waals surface area contributed by atoms with E-state index in [4.69, 9.17) is 4.74 Å². The van der Waals surface area contributed by atoms with E-state index in [0.717, 1.165) is 17.8 Å². The molecule has 0 amide bonds. The summed E-state index contributed by atoms with van der Waals surface area (Å²) in [5.74, 6) is 0.509. The molecular formula is C16H20N4O. The van der Waals surface area contributed by atoms with Gasteiger partial charge in [0, 0.05) is 5.92 Å². The summed E-state index contributed by atoms with van der Waals surface area (Å²) in [6.07, 6.45) is 6.24. The van der Waals surface area contributed by atoms with Crippen molar-refractivity contribution in [3.8, 4) is 5.69 Å². The zero-order valence-corrected chi connectivity index (χ0v) is 12.1. The molecule has 0 spiro atoms. The van der Waals surface area contributed by atoms with E-state index in [-0.39, 0.29) is 6.04 Å². The van der Waals surface area contributed by atoms with Gasteiger partial charge in [0.1, 0.15) is 0 Å². The largest absolute Gasteiger partial charge is 0.375 e. The van der Waals surface area contributed by atoms with Gasteiger partial charge in [-0.25, -0.2) is 4.68 Å². The molecule has 5 heteroatoms. The molecule has 0 radical (unpaired) electrons. The molecule has 21 heavy (non-hydrogen) atoms. The highest BCUT2D eigenvalue weighted by Crippen LogP contribution is 2.44. The van der Waals surface area contributed by atoms with Crippen LogP contribution >= 0.6 is 0 Å². The van der Waals surface area contributed by atoms with Gasteiger partial charge in [-0.2, -0.15) is 0 Å². The predicted molar refractivity (Wildman–Crippen MR) is 79.2 cm³/mol. The number of nitrogens with zero attached hydrogens (tertiary/aromatic N) is 3. The van der Waals surface area contributed by atoms with Gasteiger partial charge < -0.3 is 10.1 Å². The van der Waals surface area contributed by atoms with Gasteiger partial charge in [0.25, 0.3) is 0 Å². The number of aromatic nitrogens is 3. The second kappa shape index (κ2) is 5.24. The fraction of sp³-hybridized carbons (Fsp3) is 0.500. The molecule has 5 nitrogen and oxygen atoms in total. The first-order valence-electron chi connectivity index (χ1n) is 7.65. The van der Waals surface area contributed by atoms with Crippen LogP contribution in [-0.4, -0.2) is 34.2 Å². The summed E-state index contributed by atoms with van der Waals surface area (Å²) in [5, 5.41) is 11.9. The number of nitrogens with one attached hydrogen (secondary N) is 1. The van der Waals surface area contributed by atoms with Crippen LogP contribution in [0.4, 0.5) is 0 Å². The van der Waals surface area contributed by atoms with E-state index in [1.165, 1.54) is 12.8 Å². The number of ether oxygens (including phenoxy) is 1. The lowest BCUT2D eigenvalue weighted by molar-refractivity contribution is 0.0858. The molecule has 2 bridgehead atoms. The summed E-state index contributed by atoms with van der Waals surface area (Å²) in [4.78, 5) is 0. The van der Waals surface area contributed by atoms with Gasteiger partial charge in [0.15, 0.2) is 0 Å². The second-order valence-electron chi connectivity index (χ2n) is 5.95. The molecule has 4 atom stereocenters. The average Bonchev–Trinajstić information content (AvgIpc) is 3.25. The number of benzene rings is 1. The molecular weight excluding hydrogens is 264 g/mol. The topological polar surface area (TPSA) is 52.0 Å². The Morgan fingerprint density at radius 1 is 1.29 bits per heavy atom. The first-order valence-corrected chi connectivity index (χ1v) is 7.65. The molecule has 0 aliphatic carbocycles. The second-order valence-corrected chi connectivity index (χ2v) is 5.95. The molecule has 1 aromatic carbocycles. The van der Waals surface area contributed by atoms with Crippen molar-refractivity contribution >= 4 is 0 Å². The third-order valence-electron chi connectivity index (χ3n) is 4.79. The van der Waals surface area contributed by atoms with Gasteiger partial charge in [-0.05, 0) is 38.4 Å². The number of rotatable bonds is 4. The molecule has 1 N–H and O–H groups in total. The summed E-state index contributed by atoms with van der Waals surface area (Å²) >= 11 is 0. The van der Waals surface area contributed by atoms with Crippen molar-refractivity contribution in [1.82, 2.24) is 20.3 Å². The highest BCUT2D eigenvalue weighted by atomic mass is 16.5. The summed E-state index contributed by atoms with van der Waals surface area (Å²) in [7, 11) is 2.01. The number of hydrogen-bond acceptors (Lipinski definition) is 4. The summed E-state index contributed by atoms with van der Waals surface area (Å²) in [6, 6.07) is 10.4. The van der Waals surface area contributed by atoms with Gasteiger partial charge in [0.05, 0.1) is 35.8 Å². The molecule has 3 heterocycles. The van der Waals surface area contributed by atoms with E-state index in [1.54, 1.807) is 0 Å². The fourth-order valence-electron chi connectivity index (χ4n) is 3.83. The Bertz CT molecular complexity index is 612. The minimum absolute atomic E-state index is 0.232. The summed E-state index contributed by atoms with van der Waals surface area (Å²) in [6.45, 7) is 0. The minimum atomic E-state index is 0.232. The molecule has 4 rings (SSSR count). The highest BCUT2D eigenvalue weighted by molar-refractivity contribution is 5.32. The predicted octanol–water partition coefficient (Wildman–Crippen LogP) is 2.10. The molecule has 2 aromatic rings. The Morgan fingerprint density at radius 3 is 2.81 bits per heavy atom. The van der Waals surface area contributed by atoms with Crippen LogP contribution in [0, 0.1) is 5.92 Å². The monoisotopic (exact) mass is 284 g/mol. The fourth-order valence-corrected chi connectivity index (χ4v) is 3.83. The van der Waals surface area contributed by atoms with Crippen LogP contribution in [0.15, 0.2) is 36.5 Å². The number of para-hydroxylation sites is 1. The molecule has 4 unspecified atom stereocenters. The molecule has 2 aliphatic heterocycles. The van der Waals surface area contributed by atoms with Crippen LogP contribution in [0.25, 0.3) is 5.69 Å².